The molecule has 3 heterocycles. The number of fused-ring (bicyclic) bond motifs is 4. The number of carbonyl (C=O) groups is 1. The number of carboxylic acids is 1. The molecular weight excluding hydrogens is 664 g/mol. The molecule has 0 saturated carbocycles. The van der Waals surface area contributed by atoms with Crippen LogP contribution >= 0.6 is 22.9 Å². The number of aliphatic carboxylic acids is 1. The van der Waals surface area contributed by atoms with Crippen molar-refractivity contribution in [1.29, 1.82) is 0 Å². The van der Waals surface area contributed by atoms with Gasteiger partial charge in [-0.3, -0.25) is 4.98 Å². The lowest BCUT2D eigenvalue weighted by Gasteiger charge is -2.28. The number of rotatable bonds is 6. The Morgan fingerprint density at radius 2 is 1.70 bits per heavy atom. The van der Waals surface area contributed by atoms with E-state index in [1.807, 2.05) is 64.1 Å². The number of imidazole rings is 1. The fraction of sp³-hybridized carbons (Fsp3) is 0.268. The molecule has 8 rings (SSSR count). The third-order valence-corrected chi connectivity index (χ3v) is 11.0. The molecule has 0 radical (unpaired) electrons. The van der Waals surface area contributed by atoms with Crippen molar-refractivity contribution in [1.82, 2.24) is 19.5 Å². The van der Waals surface area contributed by atoms with Crippen LogP contribution in [0.25, 0.3) is 53.9 Å². The van der Waals surface area contributed by atoms with Gasteiger partial charge < -0.3 is 14.4 Å². The van der Waals surface area contributed by atoms with Crippen LogP contribution in [-0.4, -0.2) is 36.2 Å². The van der Waals surface area contributed by atoms with Gasteiger partial charge in [0.25, 0.3) is 0 Å². The first-order chi connectivity index (χ1) is 23.9. The molecule has 0 fully saturated rings. The van der Waals surface area contributed by atoms with Crippen LogP contribution in [0.4, 0.5) is 0 Å². The molecule has 7 nitrogen and oxygen atoms in total. The lowest BCUT2D eigenvalue weighted by atomic mass is 9.90. The van der Waals surface area contributed by atoms with Gasteiger partial charge in [-0.25, -0.2) is 14.8 Å². The highest BCUT2D eigenvalue weighted by molar-refractivity contribution is 7.22. The Hall–Kier alpha value is -4.63. The van der Waals surface area contributed by atoms with Crippen molar-refractivity contribution in [3.8, 4) is 21.7 Å². The van der Waals surface area contributed by atoms with Crippen LogP contribution in [0.2, 0.25) is 5.02 Å². The van der Waals surface area contributed by atoms with E-state index in [4.69, 9.17) is 31.3 Å². The Morgan fingerprint density at radius 1 is 0.940 bits per heavy atom. The minimum absolute atomic E-state index is 0.240. The molecule has 1 unspecified atom stereocenters. The summed E-state index contributed by atoms with van der Waals surface area (Å²) < 4.78 is 9.49. The van der Waals surface area contributed by atoms with Crippen LogP contribution in [0.3, 0.4) is 0 Å². The first kappa shape index (κ1) is 32.6. The Bertz CT molecular complexity index is 2460. The average molecular weight is 701 g/mol. The van der Waals surface area contributed by atoms with E-state index < -0.39 is 17.7 Å². The van der Waals surface area contributed by atoms with Crippen LogP contribution < -0.4 is 0 Å². The average Bonchev–Trinajstić information content (AvgIpc) is 3.65. The molecule has 1 N–H and O–H groups in total. The molecular formula is C41H37ClN4O3S. The number of aromatic nitrogens is 4. The van der Waals surface area contributed by atoms with Crippen molar-refractivity contribution >= 4 is 61.1 Å². The zero-order valence-corrected chi connectivity index (χ0v) is 30.2. The zero-order valence-electron chi connectivity index (χ0n) is 28.6. The number of para-hydroxylation sites is 1. The molecule has 0 amide bonds. The van der Waals surface area contributed by atoms with Crippen molar-refractivity contribution in [2.45, 2.75) is 71.6 Å². The number of halogens is 1. The summed E-state index contributed by atoms with van der Waals surface area (Å²) in [5, 5.41) is 13.1. The SMILES string of the molecule is Cc1cc2nc(-c3ccc4nc(C)n(C5CCc6cc7ccccc7nc6C5)c4c3)sc2c(-c2ccc(Cl)cc2)c1[C@H](OC(C)(C)C)C(=O)O. The summed E-state index contributed by atoms with van der Waals surface area (Å²) in [5.74, 6) is -0.0512. The zero-order chi connectivity index (χ0) is 34.9. The van der Waals surface area contributed by atoms with Gasteiger partial charge in [0.15, 0.2) is 6.10 Å². The van der Waals surface area contributed by atoms with Crippen LogP contribution in [0.1, 0.15) is 67.5 Å². The van der Waals surface area contributed by atoms with E-state index in [-0.39, 0.29) is 6.04 Å². The summed E-state index contributed by atoms with van der Waals surface area (Å²) in [6.45, 7) is 9.63. The Morgan fingerprint density at radius 3 is 2.46 bits per heavy atom. The van der Waals surface area contributed by atoms with Gasteiger partial charge in [0.2, 0.25) is 0 Å². The first-order valence-electron chi connectivity index (χ1n) is 16.9. The number of hydrogen-bond donors (Lipinski definition) is 1. The minimum Gasteiger partial charge on any atom is -0.479 e. The molecule has 4 aromatic carbocycles. The van der Waals surface area contributed by atoms with Crippen LogP contribution in [-0.2, 0) is 22.4 Å². The van der Waals surface area contributed by atoms with Crippen molar-refractivity contribution in [2.75, 3.05) is 0 Å². The second-order valence-corrected chi connectivity index (χ2v) is 15.7. The molecule has 0 aliphatic heterocycles. The highest BCUT2D eigenvalue weighted by atomic mass is 35.5. The Labute approximate surface area is 299 Å². The third kappa shape index (κ3) is 5.85. The van der Waals surface area contributed by atoms with Gasteiger partial charge in [0.1, 0.15) is 10.8 Å². The predicted molar refractivity (Wildman–Crippen MR) is 202 cm³/mol. The monoisotopic (exact) mass is 700 g/mol. The Kier molecular flexibility index (Phi) is 8.01. The van der Waals surface area contributed by atoms with Crippen LogP contribution in [0.15, 0.2) is 78.9 Å². The van der Waals surface area contributed by atoms with Crippen molar-refractivity contribution < 1.29 is 14.6 Å². The van der Waals surface area contributed by atoms with Crippen LogP contribution in [0.5, 0.6) is 0 Å². The number of carboxylic acid groups (broad SMARTS) is 1. The molecule has 0 saturated heterocycles. The maximum absolute atomic E-state index is 12.8. The molecule has 2 atom stereocenters. The van der Waals surface area contributed by atoms with E-state index in [9.17, 15) is 9.90 Å². The van der Waals surface area contributed by atoms with Gasteiger partial charge in [-0.1, -0.05) is 41.9 Å². The minimum atomic E-state index is -1.17. The van der Waals surface area contributed by atoms with Crippen LogP contribution in [0, 0.1) is 13.8 Å². The molecule has 0 spiro atoms. The van der Waals surface area contributed by atoms with Gasteiger partial charge in [0.05, 0.1) is 32.4 Å². The predicted octanol–water partition coefficient (Wildman–Crippen LogP) is 10.5. The molecule has 0 bridgehead atoms. The summed E-state index contributed by atoms with van der Waals surface area (Å²) in [5.41, 5.74) is 9.78. The van der Waals surface area contributed by atoms with E-state index in [0.717, 1.165) is 79.1 Å². The van der Waals surface area contributed by atoms with Gasteiger partial charge in [-0.2, -0.15) is 0 Å². The van der Waals surface area contributed by atoms with Gasteiger partial charge >= 0.3 is 5.97 Å². The quantitative estimate of drug-likeness (QED) is 0.186. The fourth-order valence-corrected chi connectivity index (χ4v) is 8.68. The van der Waals surface area contributed by atoms with E-state index in [2.05, 4.69) is 54.0 Å². The maximum atomic E-state index is 12.8. The molecule has 50 heavy (non-hydrogen) atoms. The number of hydrogen-bond acceptors (Lipinski definition) is 6. The normalized spacial score (nSPS) is 15.5. The molecule has 252 valence electrons. The number of thiazole rings is 1. The Balaban J connectivity index is 1.25. The second kappa shape index (κ2) is 12.3. The third-order valence-electron chi connectivity index (χ3n) is 9.57. The highest BCUT2D eigenvalue weighted by Gasteiger charge is 2.32. The van der Waals surface area contributed by atoms with Crippen molar-refractivity contribution in [3.05, 3.63) is 112 Å². The van der Waals surface area contributed by atoms with Crippen molar-refractivity contribution in [3.63, 3.8) is 0 Å². The number of pyridine rings is 1. The molecule has 3 aromatic heterocycles. The largest absolute Gasteiger partial charge is 0.479 e. The molecule has 7 aromatic rings. The van der Waals surface area contributed by atoms with Gasteiger partial charge in [0, 0.05) is 45.3 Å². The summed E-state index contributed by atoms with van der Waals surface area (Å²) in [4.78, 5) is 28.0. The van der Waals surface area contributed by atoms with E-state index >= 15 is 0 Å². The fourth-order valence-electron chi connectivity index (χ4n) is 7.43. The first-order valence-corrected chi connectivity index (χ1v) is 18.1. The number of ether oxygens (including phenoxy) is 1. The lowest BCUT2D eigenvalue weighted by molar-refractivity contribution is -0.160. The maximum Gasteiger partial charge on any atom is 0.337 e. The highest BCUT2D eigenvalue weighted by Crippen LogP contribution is 2.45. The van der Waals surface area contributed by atoms with E-state index in [0.29, 0.717) is 10.6 Å². The summed E-state index contributed by atoms with van der Waals surface area (Å²) in [6, 6.07) is 26.8. The number of nitrogens with zero attached hydrogens (tertiary/aromatic N) is 4. The molecule has 1 aliphatic rings. The topological polar surface area (TPSA) is 90.1 Å². The van der Waals surface area contributed by atoms with Crippen molar-refractivity contribution in [2.24, 2.45) is 0 Å². The van der Waals surface area contributed by atoms with Gasteiger partial charge in [-0.05, 0) is 113 Å². The second-order valence-electron chi connectivity index (χ2n) is 14.2. The summed E-state index contributed by atoms with van der Waals surface area (Å²) in [7, 11) is 0. The molecule has 9 heteroatoms. The summed E-state index contributed by atoms with van der Waals surface area (Å²) >= 11 is 7.86. The number of aryl methyl sites for hydroxylation is 3. The van der Waals surface area contributed by atoms with Gasteiger partial charge in [-0.15, -0.1) is 11.3 Å². The molecule has 1 aliphatic carbocycles. The standard InChI is InChI=1S/C41H37ClN4O3S/c1-22-18-33-38(36(24-10-14-28(42)15-11-24)35(22)37(40(47)48)49-41(3,4)5)50-39(45-33)27-13-17-31-34(20-27)46(23(2)43-31)29-16-12-26-19-25-8-6-7-9-30(25)44-32(26)21-29/h6-11,13-15,17-20,29,37H,12,16,21H2,1-5H3,(H,47,48)/t29?,37-/m0/s1. The smallest absolute Gasteiger partial charge is 0.337 e. The van der Waals surface area contributed by atoms with E-state index in [1.165, 1.54) is 16.6 Å². The van der Waals surface area contributed by atoms with E-state index in [1.54, 1.807) is 11.3 Å². The lowest BCUT2D eigenvalue weighted by Crippen LogP contribution is -2.28. The number of benzene rings is 4. The summed E-state index contributed by atoms with van der Waals surface area (Å²) in [6.07, 6.45) is 1.67.